The van der Waals surface area contributed by atoms with Crippen LogP contribution in [0.3, 0.4) is 0 Å². The number of aromatic amines is 2. The molecule has 0 aliphatic rings. The van der Waals surface area contributed by atoms with Gasteiger partial charge >= 0.3 is 0 Å². The number of nitrogens with one attached hydrogen (secondary N) is 2. The van der Waals surface area contributed by atoms with E-state index in [0.717, 1.165) is 47.5 Å². The minimum absolute atomic E-state index is 0.579. The zero-order valence-electron chi connectivity index (χ0n) is 20.4. The molecule has 2 N–H and O–H groups in total. The zero-order chi connectivity index (χ0) is 25.6. The van der Waals surface area contributed by atoms with E-state index >= 15 is 0 Å². The fourth-order valence-electron chi connectivity index (χ4n) is 4.31. The van der Waals surface area contributed by atoms with E-state index in [1.807, 2.05) is 81.9 Å². The first-order valence-corrected chi connectivity index (χ1v) is 12.8. The molecule has 0 fully saturated rings. The number of anilines is 1. The first-order chi connectivity index (χ1) is 18.1. The number of para-hydroxylation sites is 2. The predicted molar refractivity (Wildman–Crippen MR) is 150 cm³/mol. The summed E-state index contributed by atoms with van der Waals surface area (Å²) in [5.74, 6) is 2.57. The molecule has 0 amide bonds. The van der Waals surface area contributed by atoms with Gasteiger partial charge in [-0.3, -0.25) is 19.3 Å². The van der Waals surface area contributed by atoms with Gasteiger partial charge in [-0.05, 0) is 73.0 Å². The molecule has 0 saturated heterocycles. The number of benzene rings is 3. The quantitative estimate of drug-likeness (QED) is 0.234. The number of hydrogen-bond donors (Lipinski definition) is 2. The van der Waals surface area contributed by atoms with Gasteiger partial charge in [-0.25, -0.2) is 0 Å². The van der Waals surface area contributed by atoms with Gasteiger partial charge in [-0.2, -0.15) is 10.2 Å². The Morgan fingerprint density at radius 1 is 0.703 bits per heavy atom. The first kappa shape index (κ1) is 24.7. The van der Waals surface area contributed by atoms with Crippen LogP contribution in [0.5, 0.6) is 5.75 Å². The Hall–Kier alpha value is -4.02. The lowest BCUT2D eigenvalue weighted by molar-refractivity contribution is 0.415. The van der Waals surface area contributed by atoms with E-state index in [0.29, 0.717) is 22.4 Å². The summed E-state index contributed by atoms with van der Waals surface area (Å²) in [5, 5.41) is 15.0. The van der Waals surface area contributed by atoms with Crippen molar-refractivity contribution in [1.29, 1.82) is 0 Å². The highest BCUT2D eigenvalue weighted by Gasteiger charge is 2.15. The second-order valence-electron chi connectivity index (χ2n) is 8.42. The number of hydrogen-bond acceptors (Lipinski definition) is 6. The summed E-state index contributed by atoms with van der Waals surface area (Å²) in [6.07, 6.45) is 1.39. The second-order valence-corrected chi connectivity index (χ2v) is 9.19. The van der Waals surface area contributed by atoms with Crippen molar-refractivity contribution >= 4 is 30.1 Å². The van der Waals surface area contributed by atoms with Crippen molar-refractivity contribution in [3.63, 3.8) is 0 Å². The van der Waals surface area contributed by atoms with Crippen LogP contribution in [0.4, 0.5) is 5.69 Å². The molecule has 3 aromatic carbocycles. The van der Waals surface area contributed by atoms with Gasteiger partial charge in [0.05, 0.1) is 7.11 Å². The van der Waals surface area contributed by atoms with E-state index < -0.39 is 0 Å². The molecule has 10 heteroatoms. The highest BCUT2D eigenvalue weighted by Crippen LogP contribution is 2.21. The topological polar surface area (TPSA) is 79.7 Å². The third-order valence-corrected chi connectivity index (χ3v) is 6.71. The Morgan fingerprint density at radius 3 is 1.59 bits per heavy atom. The lowest BCUT2D eigenvalue weighted by atomic mass is 10.2. The van der Waals surface area contributed by atoms with Crippen molar-refractivity contribution in [3.05, 3.63) is 106 Å². The van der Waals surface area contributed by atoms with Crippen molar-refractivity contribution in [2.24, 2.45) is 0 Å². The summed E-state index contributed by atoms with van der Waals surface area (Å²) in [5.41, 5.74) is 3.07. The van der Waals surface area contributed by atoms with Crippen molar-refractivity contribution in [2.75, 3.05) is 25.1 Å². The number of H-pyrrole nitrogens is 2. The van der Waals surface area contributed by atoms with Crippen LogP contribution in [0.15, 0.2) is 84.9 Å². The molecule has 0 aliphatic carbocycles. The average molecular weight is 530 g/mol. The molecule has 0 spiro atoms. The molecule has 0 aliphatic heterocycles. The van der Waals surface area contributed by atoms with Crippen LogP contribution in [0.2, 0.25) is 0 Å². The van der Waals surface area contributed by atoms with Crippen LogP contribution in [-0.2, 0) is 12.8 Å². The lowest BCUT2D eigenvalue weighted by Crippen LogP contribution is -2.29. The number of ether oxygens (including phenoxy) is 1. The molecule has 2 aromatic heterocycles. The molecule has 5 aromatic rings. The Labute approximate surface area is 225 Å². The second kappa shape index (κ2) is 11.4. The average Bonchev–Trinajstić information content (AvgIpc) is 3.51. The Morgan fingerprint density at radius 2 is 1.16 bits per heavy atom. The van der Waals surface area contributed by atoms with Gasteiger partial charge in [0.15, 0.2) is 9.54 Å². The summed E-state index contributed by atoms with van der Waals surface area (Å²) in [6, 6.07) is 28.2. The third kappa shape index (κ3) is 5.55. The molecule has 37 heavy (non-hydrogen) atoms. The normalized spacial score (nSPS) is 10.9. The van der Waals surface area contributed by atoms with E-state index in [1.165, 1.54) is 0 Å². The summed E-state index contributed by atoms with van der Waals surface area (Å²) >= 11 is 11.1. The number of rotatable bonds is 10. The molecule has 0 bridgehead atoms. The zero-order valence-corrected chi connectivity index (χ0v) is 22.0. The maximum Gasteiger partial charge on any atom is 0.199 e. The summed E-state index contributed by atoms with van der Waals surface area (Å²) < 4.78 is 10.5. The molecular weight excluding hydrogens is 502 g/mol. The van der Waals surface area contributed by atoms with Gasteiger partial charge in [0.25, 0.3) is 0 Å². The van der Waals surface area contributed by atoms with Crippen molar-refractivity contribution in [3.8, 4) is 17.1 Å². The first-order valence-electron chi connectivity index (χ1n) is 12.0. The van der Waals surface area contributed by atoms with Crippen LogP contribution >= 0.6 is 24.4 Å². The van der Waals surface area contributed by atoms with Crippen LogP contribution in [-0.4, -0.2) is 49.7 Å². The van der Waals surface area contributed by atoms with Gasteiger partial charge in [-0.15, -0.1) is 0 Å². The molecule has 0 unspecified atom stereocenters. The molecule has 0 saturated carbocycles. The van der Waals surface area contributed by atoms with Gasteiger partial charge in [0, 0.05) is 43.0 Å². The SMILES string of the molecule is COc1ccc(N(CCc2n[nH]c(=S)n2-c2ccccc2)CCc2n[nH]c(=S)n2-c2ccccc2)cc1. The predicted octanol–water partition coefficient (Wildman–Crippen LogP) is 5.47. The smallest absolute Gasteiger partial charge is 0.199 e. The number of nitrogens with zero attached hydrogens (tertiary/aromatic N) is 5. The Kier molecular flexibility index (Phi) is 7.57. The number of aromatic nitrogens is 6. The van der Waals surface area contributed by atoms with E-state index in [4.69, 9.17) is 29.2 Å². The Bertz CT molecular complexity index is 1460. The van der Waals surface area contributed by atoms with Crippen LogP contribution in [0.25, 0.3) is 11.4 Å². The fourth-order valence-corrected chi connectivity index (χ4v) is 4.83. The molecule has 5 rings (SSSR count). The maximum atomic E-state index is 5.53. The standard InChI is InChI=1S/C27H27N7OS2/c1-35-23-14-12-20(13-15-23)32(18-16-24-28-30-26(36)33(24)21-8-4-2-5-9-21)19-17-25-29-31-27(37)34(25)22-10-6-3-7-11-22/h2-15H,16-19H2,1H3,(H,30,36)(H,31,37). The highest BCUT2D eigenvalue weighted by atomic mass is 32.1. The summed E-state index contributed by atoms with van der Waals surface area (Å²) in [6.45, 7) is 1.46. The largest absolute Gasteiger partial charge is 0.497 e. The lowest BCUT2D eigenvalue weighted by Gasteiger charge is -2.25. The van der Waals surface area contributed by atoms with Crippen molar-refractivity contribution in [1.82, 2.24) is 29.5 Å². The van der Waals surface area contributed by atoms with Crippen LogP contribution in [0.1, 0.15) is 11.6 Å². The third-order valence-electron chi connectivity index (χ3n) is 6.16. The minimum atomic E-state index is 0.579. The van der Waals surface area contributed by atoms with Crippen molar-refractivity contribution < 1.29 is 4.74 Å². The monoisotopic (exact) mass is 529 g/mol. The number of methoxy groups -OCH3 is 1. The molecule has 2 heterocycles. The molecule has 188 valence electrons. The van der Waals surface area contributed by atoms with E-state index in [-0.39, 0.29) is 0 Å². The van der Waals surface area contributed by atoms with Gasteiger partial charge in [0.1, 0.15) is 17.4 Å². The summed E-state index contributed by atoms with van der Waals surface area (Å²) in [7, 11) is 1.67. The highest BCUT2D eigenvalue weighted by molar-refractivity contribution is 7.71. The minimum Gasteiger partial charge on any atom is -0.497 e. The molecule has 8 nitrogen and oxygen atoms in total. The summed E-state index contributed by atoms with van der Waals surface area (Å²) in [4.78, 5) is 2.32. The molecular formula is C27H27N7OS2. The van der Waals surface area contributed by atoms with E-state index in [9.17, 15) is 0 Å². The Balaban J connectivity index is 1.40. The molecule has 0 atom stereocenters. The van der Waals surface area contributed by atoms with E-state index in [1.54, 1.807) is 7.11 Å². The molecule has 0 radical (unpaired) electrons. The fraction of sp³-hybridized carbons (Fsp3) is 0.185. The van der Waals surface area contributed by atoms with Crippen LogP contribution < -0.4 is 9.64 Å². The van der Waals surface area contributed by atoms with Gasteiger partial charge in [0.2, 0.25) is 0 Å². The van der Waals surface area contributed by atoms with Crippen LogP contribution in [0, 0.1) is 9.54 Å². The van der Waals surface area contributed by atoms with Gasteiger partial charge in [-0.1, -0.05) is 36.4 Å². The van der Waals surface area contributed by atoms with Gasteiger partial charge < -0.3 is 9.64 Å². The van der Waals surface area contributed by atoms with E-state index in [2.05, 4.69) is 37.4 Å². The van der Waals surface area contributed by atoms with Crippen molar-refractivity contribution in [2.45, 2.75) is 12.8 Å². The maximum absolute atomic E-state index is 5.53.